The van der Waals surface area contributed by atoms with Crippen LogP contribution in [-0.2, 0) is 25.6 Å². The van der Waals surface area contributed by atoms with Gasteiger partial charge in [0.05, 0.1) is 6.54 Å². The minimum absolute atomic E-state index is 0.0812. The molecule has 22 heavy (non-hydrogen) atoms. The minimum atomic E-state index is -1.15. The number of methoxy groups -OCH3 is 2. The number of carbonyl (C=O) groups excluding carboxylic acids is 1. The Morgan fingerprint density at radius 1 is 1.23 bits per heavy atom. The van der Waals surface area contributed by atoms with Crippen LogP contribution in [0, 0.1) is 0 Å². The van der Waals surface area contributed by atoms with Gasteiger partial charge in [-0.1, -0.05) is 30.3 Å². The van der Waals surface area contributed by atoms with Gasteiger partial charge in [0, 0.05) is 14.2 Å². The molecule has 1 aromatic carbocycles. The first-order chi connectivity index (χ1) is 10.6. The normalized spacial score (nSPS) is 24.3. The van der Waals surface area contributed by atoms with Gasteiger partial charge in [0.25, 0.3) is 0 Å². The number of carboxylic acid groups (broad SMARTS) is 1. The van der Waals surface area contributed by atoms with E-state index in [1.807, 2.05) is 30.3 Å². The number of aliphatic carboxylic acids is 1. The molecule has 0 bridgehead atoms. The molecule has 0 unspecified atom stereocenters. The van der Waals surface area contributed by atoms with E-state index in [0.717, 1.165) is 10.5 Å². The van der Waals surface area contributed by atoms with E-state index >= 15 is 0 Å². The lowest BCUT2D eigenvalue weighted by Crippen LogP contribution is -2.46. The molecule has 1 N–H and O–H groups in total. The van der Waals surface area contributed by atoms with E-state index in [2.05, 4.69) is 0 Å². The van der Waals surface area contributed by atoms with Crippen LogP contribution in [0.4, 0.5) is 4.79 Å². The third-order valence-corrected chi connectivity index (χ3v) is 3.66. The molecule has 7 heteroatoms. The number of benzene rings is 1. The number of hydrogen-bond donors (Lipinski definition) is 1. The first-order valence-electron chi connectivity index (χ1n) is 6.84. The van der Waals surface area contributed by atoms with Crippen molar-refractivity contribution in [3.8, 4) is 0 Å². The zero-order chi connectivity index (χ0) is 16.1. The van der Waals surface area contributed by atoms with Gasteiger partial charge in [-0.2, -0.15) is 0 Å². The van der Waals surface area contributed by atoms with Gasteiger partial charge in [0.2, 0.25) is 0 Å². The Hall–Kier alpha value is -2.12. The summed E-state index contributed by atoms with van der Waals surface area (Å²) >= 11 is 0. The first kappa shape index (κ1) is 16.3. The molecule has 1 aromatic rings. The summed E-state index contributed by atoms with van der Waals surface area (Å²) in [6.45, 7) is 0.192. The molecule has 0 aromatic heterocycles. The van der Waals surface area contributed by atoms with Crippen LogP contribution in [0.25, 0.3) is 0 Å². The summed E-state index contributed by atoms with van der Waals surface area (Å²) < 4.78 is 15.6. The molecule has 0 radical (unpaired) electrons. The van der Waals surface area contributed by atoms with Crippen LogP contribution in [0.5, 0.6) is 0 Å². The quantitative estimate of drug-likeness (QED) is 0.877. The van der Waals surface area contributed by atoms with Crippen molar-refractivity contribution in [1.82, 2.24) is 4.90 Å². The summed E-state index contributed by atoms with van der Waals surface area (Å²) in [7, 11) is 2.85. The number of amides is 1. The lowest BCUT2D eigenvalue weighted by Gasteiger charge is -2.23. The Kier molecular flexibility index (Phi) is 5.35. The molecule has 1 aliphatic rings. The summed E-state index contributed by atoms with van der Waals surface area (Å²) in [4.78, 5) is 24.8. The summed E-state index contributed by atoms with van der Waals surface area (Å²) in [6.07, 6.45) is -1.93. The topological polar surface area (TPSA) is 85.3 Å². The van der Waals surface area contributed by atoms with Crippen molar-refractivity contribution in [3.05, 3.63) is 35.9 Å². The fourth-order valence-electron chi connectivity index (χ4n) is 2.55. The van der Waals surface area contributed by atoms with E-state index in [0.29, 0.717) is 0 Å². The van der Waals surface area contributed by atoms with E-state index in [-0.39, 0.29) is 13.2 Å². The molecule has 7 nitrogen and oxygen atoms in total. The van der Waals surface area contributed by atoms with Gasteiger partial charge in [0.15, 0.2) is 6.04 Å². The van der Waals surface area contributed by atoms with Crippen LogP contribution < -0.4 is 0 Å². The van der Waals surface area contributed by atoms with Crippen molar-refractivity contribution in [2.75, 3.05) is 20.8 Å². The molecule has 1 heterocycles. The lowest BCUT2D eigenvalue weighted by molar-refractivity contribution is -0.146. The van der Waals surface area contributed by atoms with E-state index in [4.69, 9.17) is 14.2 Å². The molecule has 0 spiro atoms. The average Bonchev–Trinajstić information content (AvgIpc) is 2.92. The molecule has 0 aliphatic carbocycles. The standard InChI is InChI=1S/C15H19NO6/c1-20-11-8-16(12(14(17)18)13(11)21-2)15(19)22-9-10-6-4-3-5-7-10/h3-7,11-13H,8-9H2,1-2H3,(H,17,18)/t11-,12-,13-/m1/s1. The van der Waals surface area contributed by atoms with Crippen molar-refractivity contribution >= 4 is 12.1 Å². The van der Waals surface area contributed by atoms with Gasteiger partial charge in [0.1, 0.15) is 18.8 Å². The predicted octanol–water partition coefficient (Wildman–Crippen LogP) is 1.12. The maximum absolute atomic E-state index is 12.2. The molecule has 1 amide bonds. The van der Waals surface area contributed by atoms with Gasteiger partial charge < -0.3 is 19.3 Å². The molecular weight excluding hydrogens is 290 g/mol. The average molecular weight is 309 g/mol. The zero-order valence-corrected chi connectivity index (χ0v) is 12.5. The fraction of sp³-hybridized carbons (Fsp3) is 0.467. The smallest absolute Gasteiger partial charge is 0.411 e. The SMILES string of the molecule is CO[C@@H]1[C@H](OC)CN(C(=O)OCc2ccccc2)[C@H]1C(=O)O. The van der Waals surface area contributed by atoms with Crippen molar-refractivity contribution in [3.63, 3.8) is 0 Å². The van der Waals surface area contributed by atoms with E-state index in [9.17, 15) is 14.7 Å². The van der Waals surface area contributed by atoms with Gasteiger partial charge in [-0.15, -0.1) is 0 Å². The number of carboxylic acids is 1. The largest absolute Gasteiger partial charge is 0.480 e. The highest BCUT2D eigenvalue weighted by molar-refractivity contribution is 5.81. The Morgan fingerprint density at radius 3 is 2.45 bits per heavy atom. The number of rotatable bonds is 5. The second-order valence-electron chi connectivity index (χ2n) is 4.95. The summed E-state index contributed by atoms with van der Waals surface area (Å²) in [5, 5.41) is 9.35. The molecule has 1 saturated heterocycles. The molecule has 2 rings (SSSR count). The monoisotopic (exact) mass is 309 g/mol. The zero-order valence-electron chi connectivity index (χ0n) is 12.5. The number of carbonyl (C=O) groups is 2. The summed E-state index contributed by atoms with van der Waals surface area (Å²) in [6, 6.07) is 8.04. The van der Waals surface area contributed by atoms with Crippen LogP contribution in [0.2, 0.25) is 0 Å². The summed E-state index contributed by atoms with van der Waals surface area (Å²) in [5.41, 5.74) is 0.827. The Balaban J connectivity index is 2.05. The minimum Gasteiger partial charge on any atom is -0.480 e. The van der Waals surface area contributed by atoms with E-state index < -0.39 is 30.3 Å². The highest BCUT2D eigenvalue weighted by Gasteiger charge is 2.49. The van der Waals surface area contributed by atoms with Gasteiger partial charge in [-0.25, -0.2) is 9.59 Å². The van der Waals surface area contributed by atoms with Crippen LogP contribution in [0.1, 0.15) is 5.56 Å². The lowest BCUT2D eigenvalue weighted by atomic mass is 10.1. The maximum atomic E-state index is 12.2. The first-order valence-corrected chi connectivity index (χ1v) is 6.84. The number of nitrogens with zero attached hydrogens (tertiary/aromatic N) is 1. The second kappa shape index (κ2) is 7.24. The van der Waals surface area contributed by atoms with E-state index in [1.165, 1.54) is 14.2 Å². The second-order valence-corrected chi connectivity index (χ2v) is 4.95. The van der Waals surface area contributed by atoms with Crippen LogP contribution in [0.3, 0.4) is 0 Å². The van der Waals surface area contributed by atoms with Crippen LogP contribution in [0.15, 0.2) is 30.3 Å². The molecule has 1 aliphatic heterocycles. The highest BCUT2D eigenvalue weighted by atomic mass is 16.6. The van der Waals surface area contributed by atoms with Gasteiger partial charge >= 0.3 is 12.1 Å². The van der Waals surface area contributed by atoms with Crippen LogP contribution >= 0.6 is 0 Å². The highest BCUT2D eigenvalue weighted by Crippen LogP contribution is 2.24. The molecule has 3 atom stereocenters. The molecule has 0 saturated carbocycles. The Labute approximate surface area is 128 Å². The number of likely N-dealkylation sites (tertiary alicyclic amines) is 1. The fourth-order valence-corrected chi connectivity index (χ4v) is 2.55. The maximum Gasteiger partial charge on any atom is 0.411 e. The molecule has 1 fully saturated rings. The third kappa shape index (κ3) is 3.37. The molecule has 120 valence electrons. The number of hydrogen-bond acceptors (Lipinski definition) is 5. The predicted molar refractivity (Wildman–Crippen MR) is 76.4 cm³/mol. The van der Waals surface area contributed by atoms with E-state index in [1.54, 1.807) is 0 Å². The summed E-state index contributed by atoms with van der Waals surface area (Å²) in [5.74, 6) is -1.15. The van der Waals surface area contributed by atoms with Crippen molar-refractivity contribution in [1.29, 1.82) is 0 Å². The molecular formula is C15H19NO6. The van der Waals surface area contributed by atoms with Crippen molar-refractivity contribution in [2.24, 2.45) is 0 Å². The van der Waals surface area contributed by atoms with Gasteiger partial charge in [-0.3, -0.25) is 4.90 Å². The Morgan fingerprint density at radius 2 is 1.91 bits per heavy atom. The Bertz CT molecular complexity index is 520. The number of ether oxygens (including phenoxy) is 3. The van der Waals surface area contributed by atoms with Gasteiger partial charge in [-0.05, 0) is 5.56 Å². The van der Waals surface area contributed by atoms with Crippen molar-refractivity contribution < 1.29 is 28.9 Å². The third-order valence-electron chi connectivity index (χ3n) is 3.66. The van der Waals surface area contributed by atoms with Crippen LogP contribution in [-0.4, -0.2) is 61.1 Å². The van der Waals surface area contributed by atoms with Crippen molar-refractivity contribution in [2.45, 2.75) is 24.9 Å².